The highest BCUT2D eigenvalue weighted by Gasteiger charge is 2.23. The lowest BCUT2D eigenvalue weighted by atomic mass is 10.1. The Labute approximate surface area is 216 Å². The summed E-state index contributed by atoms with van der Waals surface area (Å²) >= 11 is 1.22. The van der Waals surface area contributed by atoms with Crippen LogP contribution in [-0.2, 0) is 11.2 Å². The molecule has 3 N–H and O–H groups in total. The molecule has 1 aliphatic heterocycles. The lowest BCUT2D eigenvalue weighted by molar-refractivity contribution is -0.117. The van der Waals surface area contributed by atoms with E-state index in [-0.39, 0.29) is 13.2 Å². The minimum atomic E-state index is -0.870. The van der Waals surface area contributed by atoms with Gasteiger partial charge in [-0.15, -0.1) is 10.2 Å². The second kappa shape index (κ2) is 11.0. The van der Waals surface area contributed by atoms with Crippen LogP contribution in [-0.4, -0.2) is 42.1 Å². The molecule has 1 aromatic heterocycles. The average Bonchev–Trinajstić information content (AvgIpc) is 3.58. The molecular formula is C26H23N5O5S. The fourth-order valence-corrected chi connectivity index (χ4v) is 4.44. The molecule has 0 aliphatic carbocycles. The summed E-state index contributed by atoms with van der Waals surface area (Å²) in [6.45, 7) is 0.178. The second-order valence-electron chi connectivity index (χ2n) is 8.04. The smallest absolute Gasteiger partial charge is 0.319 e. The van der Waals surface area contributed by atoms with E-state index in [9.17, 15) is 9.59 Å². The van der Waals surface area contributed by atoms with Gasteiger partial charge in [0.05, 0.1) is 7.11 Å². The lowest BCUT2D eigenvalue weighted by Gasteiger charge is -2.18. The van der Waals surface area contributed by atoms with Crippen LogP contribution < -0.4 is 30.2 Å². The lowest BCUT2D eigenvalue weighted by Crippen LogP contribution is -2.46. The monoisotopic (exact) mass is 517 g/mol. The Balaban J connectivity index is 1.29. The molecule has 37 heavy (non-hydrogen) atoms. The summed E-state index contributed by atoms with van der Waals surface area (Å²) in [5.74, 6) is 1.49. The van der Waals surface area contributed by atoms with Crippen molar-refractivity contribution in [3.05, 3.63) is 78.4 Å². The number of nitrogens with one attached hydrogen (secondary N) is 3. The van der Waals surface area contributed by atoms with Crippen molar-refractivity contribution in [3.8, 4) is 27.8 Å². The number of aromatic nitrogens is 2. The van der Waals surface area contributed by atoms with Gasteiger partial charge in [0, 0.05) is 23.7 Å². The van der Waals surface area contributed by atoms with Crippen molar-refractivity contribution in [2.24, 2.45) is 0 Å². The molecule has 0 spiro atoms. The molecule has 0 saturated carbocycles. The highest BCUT2D eigenvalue weighted by atomic mass is 32.1. The van der Waals surface area contributed by atoms with Gasteiger partial charge >= 0.3 is 6.03 Å². The van der Waals surface area contributed by atoms with E-state index in [1.165, 1.54) is 11.3 Å². The summed E-state index contributed by atoms with van der Waals surface area (Å²) in [7, 11) is 1.55. The summed E-state index contributed by atoms with van der Waals surface area (Å²) in [5.41, 5.74) is 2.22. The highest BCUT2D eigenvalue weighted by molar-refractivity contribution is 7.18. The van der Waals surface area contributed by atoms with Gasteiger partial charge in [0.2, 0.25) is 17.8 Å². The molecule has 0 fully saturated rings. The number of urea groups is 1. The standard InChI is InChI=1S/C26H23N5O5S/c1-34-19-9-5-8-18(14-19)27-25(33)28-20(12-16-6-3-2-4-7-16)23(32)29-26-31-30-24(37-26)17-10-11-21-22(13-17)36-15-35-21/h2-11,13-14,20H,12,15H2,1H3,(H2,27,28,33)(H,29,31,32). The van der Waals surface area contributed by atoms with Gasteiger partial charge in [-0.05, 0) is 35.9 Å². The third kappa shape index (κ3) is 5.96. The SMILES string of the molecule is COc1cccc(NC(=O)NC(Cc2ccccc2)C(=O)Nc2nnc(-c3ccc4c(c3)OCO4)s2)c1. The zero-order valence-corrected chi connectivity index (χ0v) is 20.6. The van der Waals surface area contributed by atoms with Gasteiger partial charge in [-0.1, -0.05) is 47.7 Å². The fraction of sp³-hybridized carbons (Fsp3) is 0.154. The summed E-state index contributed by atoms with van der Waals surface area (Å²) in [5, 5.41) is 17.5. The van der Waals surface area contributed by atoms with E-state index in [1.807, 2.05) is 42.5 Å². The van der Waals surface area contributed by atoms with Crippen LogP contribution in [0.15, 0.2) is 72.8 Å². The highest BCUT2D eigenvalue weighted by Crippen LogP contribution is 2.37. The number of carbonyl (C=O) groups is 2. The number of benzene rings is 3. The molecule has 2 heterocycles. The van der Waals surface area contributed by atoms with Crippen LogP contribution in [0.5, 0.6) is 17.2 Å². The minimum absolute atomic E-state index is 0.178. The fourth-order valence-electron chi connectivity index (χ4n) is 3.70. The Morgan fingerprint density at radius 2 is 1.81 bits per heavy atom. The molecule has 1 atom stereocenters. The first-order chi connectivity index (χ1) is 18.1. The number of nitrogens with zero attached hydrogens (tertiary/aromatic N) is 2. The third-order valence-electron chi connectivity index (χ3n) is 5.51. The van der Waals surface area contributed by atoms with E-state index in [0.717, 1.165) is 11.1 Å². The topological polar surface area (TPSA) is 124 Å². The quantitative estimate of drug-likeness (QED) is 0.318. The zero-order valence-electron chi connectivity index (χ0n) is 19.8. The molecule has 11 heteroatoms. The molecule has 0 radical (unpaired) electrons. The predicted octanol–water partition coefficient (Wildman–Crippen LogP) is 4.31. The van der Waals surface area contributed by atoms with E-state index < -0.39 is 18.0 Å². The number of hydrogen-bond donors (Lipinski definition) is 3. The summed E-state index contributed by atoms with van der Waals surface area (Å²) in [6, 6.07) is 20.5. The van der Waals surface area contributed by atoms with Crippen molar-refractivity contribution in [3.63, 3.8) is 0 Å². The Bertz CT molecular complexity index is 1410. The molecular weight excluding hydrogens is 494 g/mol. The summed E-state index contributed by atoms with van der Waals surface area (Å²) in [6.07, 6.45) is 0.284. The van der Waals surface area contributed by atoms with Crippen LogP contribution in [0.25, 0.3) is 10.6 Å². The first kappa shape index (κ1) is 24.1. The Kier molecular flexibility index (Phi) is 7.13. The summed E-state index contributed by atoms with van der Waals surface area (Å²) in [4.78, 5) is 26.0. The number of hydrogen-bond acceptors (Lipinski definition) is 8. The average molecular weight is 518 g/mol. The molecule has 4 aromatic rings. The number of fused-ring (bicyclic) bond motifs is 1. The Hall–Kier alpha value is -4.64. The number of ether oxygens (including phenoxy) is 3. The van der Waals surface area contributed by atoms with Crippen molar-refractivity contribution < 1.29 is 23.8 Å². The van der Waals surface area contributed by atoms with Gasteiger partial charge < -0.3 is 24.8 Å². The number of rotatable bonds is 8. The zero-order chi connectivity index (χ0) is 25.6. The molecule has 3 amide bonds. The maximum absolute atomic E-state index is 13.2. The van der Waals surface area contributed by atoms with Crippen LogP contribution in [0.3, 0.4) is 0 Å². The van der Waals surface area contributed by atoms with Crippen LogP contribution >= 0.6 is 11.3 Å². The molecule has 188 valence electrons. The number of amides is 3. The van der Waals surface area contributed by atoms with Gasteiger partial charge in [-0.3, -0.25) is 10.1 Å². The van der Waals surface area contributed by atoms with E-state index in [4.69, 9.17) is 14.2 Å². The molecule has 0 saturated heterocycles. The third-order valence-corrected chi connectivity index (χ3v) is 6.39. The van der Waals surface area contributed by atoms with Crippen LogP contribution in [0.4, 0.5) is 15.6 Å². The van der Waals surface area contributed by atoms with E-state index in [2.05, 4.69) is 26.1 Å². The Morgan fingerprint density at radius 1 is 0.973 bits per heavy atom. The normalized spacial score (nSPS) is 12.5. The molecule has 5 rings (SSSR count). The number of anilines is 2. The minimum Gasteiger partial charge on any atom is -0.497 e. The number of carbonyl (C=O) groups excluding carboxylic acids is 2. The maximum atomic E-state index is 13.2. The van der Waals surface area contributed by atoms with Gasteiger partial charge in [0.1, 0.15) is 16.8 Å². The molecule has 1 aliphatic rings. The first-order valence-corrected chi connectivity index (χ1v) is 12.2. The van der Waals surface area contributed by atoms with Crippen LogP contribution in [0.2, 0.25) is 0 Å². The van der Waals surface area contributed by atoms with Gasteiger partial charge in [-0.25, -0.2) is 4.79 Å². The second-order valence-corrected chi connectivity index (χ2v) is 9.02. The largest absolute Gasteiger partial charge is 0.497 e. The number of methoxy groups -OCH3 is 1. The molecule has 3 aromatic carbocycles. The maximum Gasteiger partial charge on any atom is 0.319 e. The van der Waals surface area contributed by atoms with Crippen molar-refractivity contribution >= 4 is 34.1 Å². The first-order valence-electron chi connectivity index (χ1n) is 11.4. The van der Waals surface area contributed by atoms with Crippen molar-refractivity contribution in [2.45, 2.75) is 12.5 Å². The summed E-state index contributed by atoms with van der Waals surface area (Å²) < 4.78 is 16.0. The van der Waals surface area contributed by atoms with Gasteiger partial charge in [0.25, 0.3) is 0 Å². The predicted molar refractivity (Wildman–Crippen MR) is 139 cm³/mol. The van der Waals surface area contributed by atoms with Crippen LogP contribution in [0.1, 0.15) is 5.56 Å². The molecule has 1 unspecified atom stereocenters. The molecule has 0 bridgehead atoms. The van der Waals surface area contributed by atoms with E-state index in [0.29, 0.717) is 33.1 Å². The van der Waals surface area contributed by atoms with Crippen molar-refractivity contribution in [2.75, 3.05) is 24.5 Å². The van der Waals surface area contributed by atoms with Crippen LogP contribution in [0, 0.1) is 0 Å². The van der Waals surface area contributed by atoms with Crippen molar-refractivity contribution in [1.29, 1.82) is 0 Å². The van der Waals surface area contributed by atoms with E-state index >= 15 is 0 Å². The van der Waals surface area contributed by atoms with Gasteiger partial charge in [0.15, 0.2) is 11.5 Å². The van der Waals surface area contributed by atoms with Gasteiger partial charge in [-0.2, -0.15) is 0 Å². The molecule has 10 nitrogen and oxygen atoms in total. The van der Waals surface area contributed by atoms with E-state index in [1.54, 1.807) is 37.4 Å². The Morgan fingerprint density at radius 3 is 2.65 bits per heavy atom. The van der Waals surface area contributed by atoms with Crippen molar-refractivity contribution in [1.82, 2.24) is 15.5 Å².